The van der Waals surface area contributed by atoms with Gasteiger partial charge in [0.05, 0.1) is 7.11 Å². The molecule has 1 N–H and O–H groups in total. The van der Waals surface area contributed by atoms with Crippen LogP contribution in [-0.2, 0) is 0 Å². The minimum Gasteiger partial charge on any atom is -0.497 e. The Kier molecular flexibility index (Phi) is 5.09. The number of nitrogens with one attached hydrogen (secondary N) is 1. The Hall–Kier alpha value is -1.91. The molecule has 1 aromatic carbocycles. The fourth-order valence-electron chi connectivity index (χ4n) is 3.97. The molecule has 2 aliphatic heterocycles. The molecule has 0 radical (unpaired) electrons. The summed E-state index contributed by atoms with van der Waals surface area (Å²) >= 11 is 0. The van der Waals surface area contributed by atoms with Crippen LogP contribution in [-0.4, -0.2) is 56.7 Å². The first-order valence-corrected chi connectivity index (χ1v) is 9.66. The number of ether oxygens (including phenoxy) is 1. The van der Waals surface area contributed by atoms with E-state index in [1.54, 1.807) is 7.11 Å². The van der Waals surface area contributed by atoms with E-state index < -0.39 is 0 Å². The van der Waals surface area contributed by atoms with E-state index in [4.69, 9.17) is 4.74 Å². The number of guanidine groups is 1. The lowest BCUT2D eigenvalue weighted by Gasteiger charge is -2.62. The largest absolute Gasteiger partial charge is 0.497 e. The van der Waals surface area contributed by atoms with E-state index in [9.17, 15) is 0 Å². The van der Waals surface area contributed by atoms with Crippen LogP contribution in [0.15, 0.2) is 29.3 Å². The average Bonchev–Trinajstić information content (AvgIpc) is 3.10. The van der Waals surface area contributed by atoms with Gasteiger partial charge in [-0.05, 0) is 38.3 Å². The monoisotopic (exact) mass is 358 g/mol. The van der Waals surface area contributed by atoms with Crippen molar-refractivity contribution in [2.45, 2.75) is 39.7 Å². The quantitative estimate of drug-likeness (QED) is 0.663. The molecule has 0 bridgehead atoms. The highest BCUT2D eigenvalue weighted by Crippen LogP contribution is 2.46. The van der Waals surface area contributed by atoms with Gasteiger partial charge >= 0.3 is 0 Å². The first-order chi connectivity index (χ1) is 12.3. The second-order valence-electron chi connectivity index (χ2n) is 8.76. The topological polar surface area (TPSA) is 40.1 Å². The second-order valence-corrected chi connectivity index (χ2v) is 8.76. The van der Waals surface area contributed by atoms with Crippen LogP contribution in [0.4, 0.5) is 5.69 Å². The van der Waals surface area contributed by atoms with Gasteiger partial charge in [-0.25, -0.2) is 0 Å². The Bertz CT molecular complexity index is 668. The molecule has 0 saturated carbocycles. The number of hydrogen-bond donors (Lipinski definition) is 1. The standard InChI is InChI=1S/C21H34N4O/c1-20(2)15-25(21(20,3)4)19(22-5)23-13-16-10-11-24(14-16)17-8-7-9-18(12-17)26-6/h7-9,12,16H,10-11,13-15H2,1-6H3,(H,22,23). The number of likely N-dealkylation sites (tertiary alicyclic amines) is 1. The number of methoxy groups -OCH3 is 1. The van der Waals surface area contributed by atoms with Crippen molar-refractivity contribution in [1.29, 1.82) is 0 Å². The SMILES string of the molecule is CN=C(NCC1CCN(c2cccc(OC)c2)C1)N1CC(C)(C)C1(C)C. The first kappa shape index (κ1) is 18.9. The molecule has 0 spiro atoms. The lowest BCUT2D eigenvalue weighted by molar-refractivity contribution is -0.0668. The number of benzene rings is 1. The molecule has 5 heteroatoms. The number of nitrogens with zero attached hydrogens (tertiary/aromatic N) is 3. The Morgan fingerprint density at radius 3 is 2.69 bits per heavy atom. The van der Waals surface area contributed by atoms with Crippen LogP contribution in [0.5, 0.6) is 5.75 Å². The lowest BCUT2D eigenvalue weighted by atomic mass is 9.65. The third kappa shape index (κ3) is 3.36. The average molecular weight is 359 g/mol. The van der Waals surface area contributed by atoms with Crippen molar-refractivity contribution in [3.05, 3.63) is 24.3 Å². The van der Waals surface area contributed by atoms with Gasteiger partial charge in [0.2, 0.25) is 0 Å². The highest BCUT2D eigenvalue weighted by Gasteiger charge is 2.53. The van der Waals surface area contributed by atoms with Gasteiger partial charge in [0.1, 0.15) is 5.75 Å². The van der Waals surface area contributed by atoms with Crippen LogP contribution in [0.1, 0.15) is 34.1 Å². The van der Waals surface area contributed by atoms with E-state index in [1.165, 1.54) is 12.1 Å². The summed E-state index contributed by atoms with van der Waals surface area (Å²) in [6.07, 6.45) is 1.20. The molecular formula is C21H34N4O. The Morgan fingerprint density at radius 1 is 1.31 bits per heavy atom. The van der Waals surface area contributed by atoms with Gasteiger partial charge in [-0.1, -0.05) is 19.9 Å². The van der Waals surface area contributed by atoms with E-state index in [1.807, 2.05) is 13.1 Å². The summed E-state index contributed by atoms with van der Waals surface area (Å²) in [5.41, 5.74) is 1.71. The van der Waals surface area contributed by atoms with Crippen LogP contribution in [0.2, 0.25) is 0 Å². The Morgan fingerprint density at radius 2 is 2.08 bits per heavy atom. The smallest absolute Gasteiger partial charge is 0.194 e. The second kappa shape index (κ2) is 7.01. The number of anilines is 1. The molecule has 2 fully saturated rings. The van der Waals surface area contributed by atoms with E-state index in [0.717, 1.165) is 37.9 Å². The zero-order valence-electron chi connectivity index (χ0n) is 17.2. The van der Waals surface area contributed by atoms with Crippen molar-refractivity contribution in [3.63, 3.8) is 0 Å². The Labute approximate surface area is 158 Å². The van der Waals surface area contributed by atoms with E-state index >= 15 is 0 Å². The van der Waals surface area contributed by atoms with Crippen molar-refractivity contribution in [3.8, 4) is 5.75 Å². The van der Waals surface area contributed by atoms with Crippen molar-refractivity contribution < 1.29 is 4.74 Å². The first-order valence-electron chi connectivity index (χ1n) is 9.66. The van der Waals surface area contributed by atoms with Crippen molar-refractivity contribution in [1.82, 2.24) is 10.2 Å². The molecule has 0 aliphatic carbocycles. The predicted molar refractivity (Wildman–Crippen MR) is 109 cm³/mol. The van der Waals surface area contributed by atoms with Gasteiger partial charge in [0.15, 0.2) is 5.96 Å². The molecule has 5 nitrogen and oxygen atoms in total. The molecule has 2 aliphatic rings. The van der Waals surface area contributed by atoms with Crippen molar-refractivity contribution in [2.75, 3.05) is 45.2 Å². The van der Waals surface area contributed by atoms with Gasteiger partial charge in [-0.2, -0.15) is 0 Å². The fourth-order valence-corrected chi connectivity index (χ4v) is 3.97. The summed E-state index contributed by atoms with van der Waals surface area (Å²) in [4.78, 5) is 9.39. The van der Waals surface area contributed by atoms with Crippen LogP contribution in [0.25, 0.3) is 0 Å². The highest BCUT2D eigenvalue weighted by molar-refractivity contribution is 5.82. The summed E-state index contributed by atoms with van der Waals surface area (Å²) < 4.78 is 5.36. The molecule has 1 aromatic rings. The van der Waals surface area contributed by atoms with E-state index in [0.29, 0.717) is 11.3 Å². The maximum Gasteiger partial charge on any atom is 0.194 e. The molecule has 1 atom stereocenters. The fraction of sp³-hybridized carbons (Fsp3) is 0.667. The normalized spacial score (nSPS) is 24.4. The molecule has 0 amide bonds. The molecular weight excluding hydrogens is 324 g/mol. The third-order valence-corrected chi connectivity index (χ3v) is 6.61. The summed E-state index contributed by atoms with van der Waals surface area (Å²) in [5.74, 6) is 2.59. The Balaban J connectivity index is 1.54. The molecule has 0 aromatic heterocycles. The molecule has 1 unspecified atom stereocenters. The van der Waals surface area contributed by atoms with E-state index in [2.05, 4.69) is 66.0 Å². The maximum atomic E-state index is 5.36. The van der Waals surface area contributed by atoms with Crippen molar-refractivity contribution in [2.24, 2.45) is 16.3 Å². The van der Waals surface area contributed by atoms with Gasteiger partial charge in [-0.3, -0.25) is 4.99 Å². The van der Waals surface area contributed by atoms with Gasteiger partial charge in [-0.15, -0.1) is 0 Å². The molecule has 3 rings (SSSR count). The predicted octanol–water partition coefficient (Wildman–Crippen LogP) is 3.22. The lowest BCUT2D eigenvalue weighted by Crippen LogP contribution is -2.72. The zero-order valence-corrected chi connectivity index (χ0v) is 17.2. The molecule has 26 heavy (non-hydrogen) atoms. The van der Waals surface area contributed by atoms with Gasteiger partial charge in [0.25, 0.3) is 0 Å². The van der Waals surface area contributed by atoms with Crippen LogP contribution < -0.4 is 15.0 Å². The number of aliphatic imine (C=N–C) groups is 1. The highest BCUT2D eigenvalue weighted by atomic mass is 16.5. The summed E-state index contributed by atoms with van der Waals surface area (Å²) in [5, 5.41) is 3.63. The number of rotatable bonds is 4. The molecule has 144 valence electrons. The van der Waals surface area contributed by atoms with Gasteiger partial charge in [0, 0.05) is 55.9 Å². The summed E-state index contributed by atoms with van der Waals surface area (Å²) in [6, 6.07) is 8.36. The molecule has 2 saturated heterocycles. The van der Waals surface area contributed by atoms with Crippen LogP contribution >= 0.6 is 0 Å². The number of hydrogen-bond acceptors (Lipinski definition) is 3. The van der Waals surface area contributed by atoms with Crippen LogP contribution in [0.3, 0.4) is 0 Å². The van der Waals surface area contributed by atoms with Crippen LogP contribution in [0, 0.1) is 11.3 Å². The summed E-state index contributed by atoms with van der Waals surface area (Å²) in [6.45, 7) is 13.5. The van der Waals surface area contributed by atoms with E-state index in [-0.39, 0.29) is 5.54 Å². The zero-order chi connectivity index (χ0) is 18.9. The minimum atomic E-state index is 0.136. The molecule has 2 heterocycles. The maximum absolute atomic E-state index is 5.36. The van der Waals surface area contributed by atoms with Gasteiger partial charge < -0.3 is 19.9 Å². The third-order valence-electron chi connectivity index (χ3n) is 6.61. The van der Waals surface area contributed by atoms with Crippen molar-refractivity contribution >= 4 is 11.6 Å². The minimum absolute atomic E-state index is 0.136. The summed E-state index contributed by atoms with van der Waals surface area (Å²) in [7, 11) is 3.61.